The summed E-state index contributed by atoms with van der Waals surface area (Å²) in [6.07, 6.45) is 0. The summed E-state index contributed by atoms with van der Waals surface area (Å²) in [5.74, 6) is 0.00912. The van der Waals surface area contributed by atoms with Crippen LogP contribution in [0.1, 0.15) is 34.2 Å². The van der Waals surface area contributed by atoms with Crippen LogP contribution in [0, 0.1) is 13.8 Å². The Morgan fingerprint density at radius 1 is 1.29 bits per heavy atom. The highest BCUT2D eigenvalue weighted by molar-refractivity contribution is 6.31. The van der Waals surface area contributed by atoms with E-state index in [-0.39, 0.29) is 12.4 Å². The zero-order valence-electron chi connectivity index (χ0n) is 12.6. The molecular formula is C17H20ClNO2. The van der Waals surface area contributed by atoms with Crippen LogP contribution < -0.4 is 0 Å². The summed E-state index contributed by atoms with van der Waals surface area (Å²) >= 11 is 6.06. The van der Waals surface area contributed by atoms with Gasteiger partial charge in [0.05, 0.1) is 6.61 Å². The summed E-state index contributed by atoms with van der Waals surface area (Å²) in [6.45, 7) is 7.33. The molecule has 3 nitrogen and oxygen atoms in total. The number of benzene rings is 1. The van der Waals surface area contributed by atoms with Gasteiger partial charge in [0.25, 0.3) is 0 Å². The van der Waals surface area contributed by atoms with Crippen LogP contribution in [-0.4, -0.2) is 17.0 Å². The van der Waals surface area contributed by atoms with Gasteiger partial charge in [0.2, 0.25) is 0 Å². The molecule has 0 amide bonds. The maximum atomic E-state index is 12.3. The van der Waals surface area contributed by atoms with Gasteiger partial charge in [0.15, 0.2) is 5.78 Å². The average molecular weight is 306 g/mol. The van der Waals surface area contributed by atoms with Crippen molar-refractivity contribution in [2.45, 2.75) is 33.9 Å². The Labute approximate surface area is 130 Å². The molecule has 0 aliphatic heterocycles. The quantitative estimate of drug-likeness (QED) is 0.750. The van der Waals surface area contributed by atoms with Gasteiger partial charge >= 0.3 is 0 Å². The lowest BCUT2D eigenvalue weighted by molar-refractivity contribution is 0.0726. The number of hydrogen-bond acceptors (Lipinski definition) is 2. The lowest BCUT2D eigenvalue weighted by Gasteiger charge is -2.07. The molecule has 21 heavy (non-hydrogen) atoms. The highest BCUT2D eigenvalue weighted by Gasteiger charge is 2.15. The van der Waals surface area contributed by atoms with E-state index in [9.17, 15) is 4.79 Å². The SMILES string of the molecule is CCn1c(C)cc(C(=O)COCc2ccccc2Cl)c1C. The second-order valence-electron chi connectivity index (χ2n) is 5.04. The number of hydrogen-bond donors (Lipinski definition) is 0. The molecule has 0 spiro atoms. The van der Waals surface area contributed by atoms with Gasteiger partial charge in [0, 0.05) is 28.5 Å². The number of rotatable bonds is 6. The number of halogens is 1. The third-order valence-corrected chi connectivity index (χ3v) is 4.01. The first-order chi connectivity index (χ1) is 10.0. The Morgan fingerprint density at radius 3 is 2.62 bits per heavy atom. The zero-order valence-corrected chi connectivity index (χ0v) is 13.4. The molecule has 112 valence electrons. The van der Waals surface area contributed by atoms with E-state index in [1.807, 2.05) is 44.2 Å². The number of Topliss-reactive ketones (excluding diaryl/α,β-unsaturated/α-hetero) is 1. The normalized spacial score (nSPS) is 10.9. The lowest BCUT2D eigenvalue weighted by Crippen LogP contribution is -2.10. The molecule has 0 saturated carbocycles. The smallest absolute Gasteiger partial charge is 0.190 e. The molecule has 2 rings (SSSR count). The minimum atomic E-state index is 0.00912. The summed E-state index contributed by atoms with van der Waals surface area (Å²) < 4.78 is 7.64. The van der Waals surface area contributed by atoms with Crippen LogP contribution in [0.2, 0.25) is 5.02 Å². The molecule has 0 radical (unpaired) electrons. The van der Waals surface area contributed by atoms with Gasteiger partial charge in [-0.15, -0.1) is 0 Å². The first kappa shape index (κ1) is 15.8. The third-order valence-electron chi connectivity index (χ3n) is 3.64. The zero-order chi connectivity index (χ0) is 15.4. The molecule has 0 aliphatic carbocycles. The van der Waals surface area contributed by atoms with Gasteiger partial charge in [-0.2, -0.15) is 0 Å². The Hall–Kier alpha value is -1.58. The first-order valence-electron chi connectivity index (χ1n) is 7.05. The van der Waals surface area contributed by atoms with Crippen molar-refractivity contribution >= 4 is 17.4 Å². The average Bonchev–Trinajstić information content (AvgIpc) is 2.75. The topological polar surface area (TPSA) is 31.2 Å². The fourth-order valence-corrected chi connectivity index (χ4v) is 2.71. The molecule has 1 aromatic heterocycles. The van der Waals surface area contributed by atoms with E-state index >= 15 is 0 Å². The Balaban J connectivity index is 1.98. The molecule has 0 aliphatic rings. The van der Waals surface area contributed by atoms with Crippen molar-refractivity contribution in [1.82, 2.24) is 4.57 Å². The molecule has 1 heterocycles. The van der Waals surface area contributed by atoms with E-state index in [0.717, 1.165) is 29.1 Å². The van der Waals surface area contributed by atoms with E-state index < -0.39 is 0 Å². The number of carbonyl (C=O) groups is 1. The Bertz CT molecular complexity index is 646. The highest BCUT2D eigenvalue weighted by Crippen LogP contribution is 2.18. The number of ketones is 1. The van der Waals surface area contributed by atoms with Gasteiger partial charge in [-0.3, -0.25) is 4.79 Å². The Kier molecular flexibility index (Phi) is 5.21. The first-order valence-corrected chi connectivity index (χ1v) is 7.43. The Morgan fingerprint density at radius 2 is 2.00 bits per heavy atom. The van der Waals surface area contributed by atoms with E-state index in [2.05, 4.69) is 11.5 Å². The second-order valence-corrected chi connectivity index (χ2v) is 5.44. The summed E-state index contributed by atoms with van der Waals surface area (Å²) in [4.78, 5) is 12.3. The van der Waals surface area contributed by atoms with Gasteiger partial charge in [-0.25, -0.2) is 0 Å². The van der Waals surface area contributed by atoms with Crippen LogP contribution in [0.4, 0.5) is 0 Å². The fraction of sp³-hybridized carbons (Fsp3) is 0.353. The number of carbonyl (C=O) groups excluding carboxylic acids is 1. The van der Waals surface area contributed by atoms with Crippen molar-refractivity contribution in [3.8, 4) is 0 Å². The van der Waals surface area contributed by atoms with Gasteiger partial charge in [-0.1, -0.05) is 29.8 Å². The summed E-state index contributed by atoms with van der Waals surface area (Å²) in [5.41, 5.74) is 3.74. The van der Waals surface area contributed by atoms with Gasteiger partial charge in [-0.05, 0) is 38.5 Å². The standard InChI is InChI=1S/C17H20ClNO2/c1-4-19-12(2)9-15(13(19)3)17(20)11-21-10-14-7-5-6-8-16(14)18/h5-9H,4,10-11H2,1-3H3. The molecule has 0 saturated heterocycles. The van der Waals surface area contributed by atoms with Crippen molar-refractivity contribution < 1.29 is 9.53 Å². The molecule has 4 heteroatoms. The predicted molar refractivity (Wildman–Crippen MR) is 85.0 cm³/mol. The van der Waals surface area contributed by atoms with Crippen LogP contribution in [-0.2, 0) is 17.9 Å². The summed E-state index contributed by atoms with van der Waals surface area (Å²) in [6, 6.07) is 9.42. The fourth-order valence-electron chi connectivity index (χ4n) is 2.52. The molecule has 0 N–H and O–H groups in total. The van der Waals surface area contributed by atoms with Crippen molar-refractivity contribution in [2.24, 2.45) is 0 Å². The molecule has 0 atom stereocenters. The van der Waals surface area contributed by atoms with E-state index in [0.29, 0.717) is 11.6 Å². The van der Waals surface area contributed by atoms with Crippen LogP contribution >= 0.6 is 11.6 Å². The highest BCUT2D eigenvalue weighted by atomic mass is 35.5. The maximum Gasteiger partial charge on any atom is 0.190 e. The third kappa shape index (κ3) is 3.55. The molecule has 2 aromatic rings. The van der Waals surface area contributed by atoms with Crippen LogP contribution in [0.15, 0.2) is 30.3 Å². The van der Waals surface area contributed by atoms with Crippen molar-refractivity contribution in [3.05, 3.63) is 57.9 Å². The molecule has 0 bridgehead atoms. The number of aromatic nitrogens is 1. The predicted octanol–water partition coefficient (Wildman–Crippen LogP) is 4.18. The van der Waals surface area contributed by atoms with E-state index in [1.54, 1.807) is 0 Å². The van der Waals surface area contributed by atoms with Gasteiger partial charge in [0.1, 0.15) is 6.61 Å². The van der Waals surface area contributed by atoms with Crippen LogP contribution in [0.25, 0.3) is 0 Å². The largest absolute Gasteiger partial charge is 0.369 e. The van der Waals surface area contributed by atoms with Gasteiger partial charge < -0.3 is 9.30 Å². The molecular weight excluding hydrogens is 286 g/mol. The summed E-state index contributed by atoms with van der Waals surface area (Å²) in [7, 11) is 0. The molecule has 0 fully saturated rings. The van der Waals surface area contributed by atoms with Crippen molar-refractivity contribution in [1.29, 1.82) is 0 Å². The second kappa shape index (κ2) is 6.92. The monoisotopic (exact) mass is 305 g/mol. The lowest BCUT2D eigenvalue weighted by atomic mass is 10.1. The van der Waals surface area contributed by atoms with E-state index in [1.165, 1.54) is 0 Å². The van der Waals surface area contributed by atoms with Crippen molar-refractivity contribution in [3.63, 3.8) is 0 Å². The summed E-state index contributed by atoms with van der Waals surface area (Å²) in [5, 5.41) is 0.661. The number of aryl methyl sites for hydroxylation is 1. The number of nitrogens with zero attached hydrogens (tertiary/aromatic N) is 1. The van der Waals surface area contributed by atoms with Crippen molar-refractivity contribution in [2.75, 3.05) is 6.61 Å². The minimum absolute atomic E-state index is 0.00912. The van der Waals surface area contributed by atoms with Crippen LogP contribution in [0.5, 0.6) is 0 Å². The molecule has 0 unspecified atom stereocenters. The minimum Gasteiger partial charge on any atom is -0.369 e. The van der Waals surface area contributed by atoms with E-state index in [4.69, 9.17) is 16.3 Å². The number of ether oxygens (including phenoxy) is 1. The van der Waals surface area contributed by atoms with Crippen LogP contribution in [0.3, 0.4) is 0 Å². The molecule has 1 aromatic carbocycles. The maximum absolute atomic E-state index is 12.3.